The van der Waals surface area contributed by atoms with Crippen LogP contribution < -0.4 is 0 Å². The van der Waals surface area contributed by atoms with E-state index in [1.54, 1.807) is 46.6 Å². The average molecular weight is 541 g/mol. The van der Waals surface area contributed by atoms with Gasteiger partial charge in [-0.15, -0.1) is 22.7 Å². The molecule has 3 heterocycles. The van der Waals surface area contributed by atoms with Crippen molar-refractivity contribution >= 4 is 66.1 Å². The van der Waals surface area contributed by atoms with Crippen LogP contribution in [0.1, 0.15) is 15.2 Å². The van der Waals surface area contributed by atoms with Crippen LogP contribution in [0.5, 0.6) is 0 Å². The molecule has 2 aromatic heterocycles. The summed E-state index contributed by atoms with van der Waals surface area (Å²) in [6.07, 6.45) is 0. The van der Waals surface area contributed by atoms with Crippen molar-refractivity contribution < 1.29 is 17.9 Å². The number of methoxy groups -OCH3 is 1. The number of thiophene rings is 2. The predicted molar refractivity (Wildman–Crippen MR) is 137 cm³/mol. The Balaban J connectivity index is 1.40. The normalized spacial score (nSPS) is 15.1. The lowest BCUT2D eigenvalue weighted by Gasteiger charge is -2.33. The largest absolute Gasteiger partial charge is 0.383 e. The van der Waals surface area contributed by atoms with Gasteiger partial charge in [-0.25, -0.2) is 8.42 Å². The summed E-state index contributed by atoms with van der Waals surface area (Å²) in [6.45, 7) is 2.18. The van der Waals surface area contributed by atoms with Crippen molar-refractivity contribution in [1.82, 2.24) is 14.1 Å². The number of amides is 1. The third-order valence-corrected chi connectivity index (χ3v) is 10.3. The Morgan fingerprint density at radius 1 is 1.21 bits per heavy atom. The van der Waals surface area contributed by atoms with E-state index in [-0.39, 0.29) is 23.2 Å². The zero-order chi connectivity index (χ0) is 24.5. The van der Waals surface area contributed by atoms with Gasteiger partial charge in [-0.1, -0.05) is 17.7 Å². The molecule has 0 unspecified atom stereocenters. The molecular weight excluding hydrogens is 516 g/mol. The average Bonchev–Trinajstić information content (AvgIpc) is 3.49. The van der Waals surface area contributed by atoms with Crippen molar-refractivity contribution in [2.45, 2.75) is 4.21 Å². The summed E-state index contributed by atoms with van der Waals surface area (Å²) < 4.78 is 33.9. The molecule has 182 valence electrons. The van der Waals surface area contributed by atoms with E-state index >= 15 is 0 Å². The SMILES string of the molecule is COCCN(C)C(=N)c1csc(C(=O)N2CCN(S(=O)(=O)c3cc4ccc(Cl)cc4s3)CC2)c1. The minimum atomic E-state index is -3.65. The lowest BCUT2D eigenvalue weighted by Crippen LogP contribution is -2.50. The number of halogens is 1. The van der Waals surface area contributed by atoms with E-state index in [0.29, 0.717) is 47.5 Å². The molecule has 0 spiro atoms. The molecule has 0 aliphatic carbocycles. The smallest absolute Gasteiger partial charge is 0.264 e. The van der Waals surface area contributed by atoms with Crippen LogP contribution in [0, 0.1) is 5.41 Å². The Morgan fingerprint density at radius 3 is 2.65 bits per heavy atom. The number of sulfonamides is 1. The summed E-state index contributed by atoms with van der Waals surface area (Å²) in [5.41, 5.74) is 0.679. The molecule has 3 aromatic rings. The highest BCUT2D eigenvalue weighted by molar-refractivity contribution is 7.91. The first-order chi connectivity index (χ1) is 16.2. The number of likely N-dealkylation sites (N-methyl/N-ethyl adjacent to an activating group) is 1. The van der Waals surface area contributed by atoms with Crippen LogP contribution in [0.25, 0.3) is 10.1 Å². The van der Waals surface area contributed by atoms with Gasteiger partial charge in [-0.2, -0.15) is 4.31 Å². The van der Waals surface area contributed by atoms with Gasteiger partial charge in [0.25, 0.3) is 15.9 Å². The molecule has 1 aromatic carbocycles. The van der Waals surface area contributed by atoms with Crippen LogP contribution in [-0.2, 0) is 14.8 Å². The molecule has 34 heavy (non-hydrogen) atoms. The van der Waals surface area contributed by atoms with Gasteiger partial charge >= 0.3 is 0 Å². The second-order valence-electron chi connectivity index (χ2n) is 7.91. The van der Waals surface area contributed by atoms with E-state index in [0.717, 1.165) is 10.1 Å². The highest BCUT2D eigenvalue weighted by atomic mass is 35.5. The number of fused-ring (bicyclic) bond motifs is 1. The first kappa shape index (κ1) is 25.1. The number of nitrogens with zero attached hydrogens (tertiary/aromatic N) is 3. The summed E-state index contributed by atoms with van der Waals surface area (Å²) >= 11 is 8.53. The van der Waals surface area contributed by atoms with Crippen LogP contribution in [0.3, 0.4) is 0 Å². The van der Waals surface area contributed by atoms with Crippen molar-refractivity contribution in [3.63, 3.8) is 0 Å². The van der Waals surface area contributed by atoms with Gasteiger partial charge in [0.2, 0.25) is 0 Å². The Kier molecular flexibility index (Phi) is 7.60. The van der Waals surface area contributed by atoms with Gasteiger partial charge in [0.15, 0.2) is 0 Å². The molecule has 8 nitrogen and oxygen atoms in total. The van der Waals surface area contributed by atoms with Crippen molar-refractivity contribution in [2.24, 2.45) is 0 Å². The fourth-order valence-corrected chi connectivity index (χ4v) is 7.77. The fourth-order valence-electron chi connectivity index (χ4n) is 3.66. The lowest BCUT2D eigenvalue weighted by atomic mass is 10.2. The second kappa shape index (κ2) is 10.3. The van der Waals surface area contributed by atoms with Gasteiger partial charge < -0.3 is 14.5 Å². The number of amidine groups is 1. The summed E-state index contributed by atoms with van der Waals surface area (Å²) in [6, 6.07) is 8.72. The van der Waals surface area contributed by atoms with Crippen LogP contribution >= 0.6 is 34.3 Å². The third-order valence-electron chi connectivity index (χ3n) is 5.68. The van der Waals surface area contributed by atoms with Gasteiger partial charge in [-0.3, -0.25) is 10.2 Å². The maximum atomic E-state index is 13.2. The number of carbonyl (C=O) groups is 1. The van der Waals surface area contributed by atoms with Crippen LogP contribution in [0.15, 0.2) is 39.9 Å². The number of rotatable bonds is 7. The summed E-state index contributed by atoms with van der Waals surface area (Å²) in [5, 5.41) is 11.5. The number of piperazine rings is 1. The number of ether oxygens (including phenoxy) is 1. The van der Waals surface area contributed by atoms with E-state index in [1.807, 2.05) is 13.1 Å². The van der Waals surface area contributed by atoms with Gasteiger partial charge in [0.05, 0.1) is 11.5 Å². The molecule has 1 fully saturated rings. The van der Waals surface area contributed by atoms with Gasteiger partial charge in [0.1, 0.15) is 10.0 Å². The maximum absolute atomic E-state index is 13.2. The Hall–Kier alpha value is -2.02. The first-order valence-corrected chi connectivity index (χ1v) is 14.1. The number of carbonyl (C=O) groups excluding carboxylic acids is 1. The number of nitrogens with one attached hydrogen (secondary N) is 1. The Bertz CT molecular complexity index is 1310. The summed E-state index contributed by atoms with van der Waals surface area (Å²) in [4.78, 5) is 17.0. The molecular formula is C22H25ClN4O4S3. The molecule has 1 aliphatic rings. The molecule has 0 radical (unpaired) electrons. The zero-order valence-corrected chi connectivity index (χ0v) is 22.0. The van der Waals surface area contributed by atoms with E-state index in [2.05, 4.69) is 0 Å². The third kappa shape index (κ3) is 5.14. The van der Waals surface area contributed by atoms with Crippen LogP contribution in [0.4, 0.5) is 0 Å². The molecule has 0 atom stereocenters. The van der Waals surface area contributed by atoms with E-state index < -0.39 is 10.0 Å². The zero-order valence-electron chi connectivity index (χ0n) is 18.8. The quantitative estimate of drug-likeness (QED) is 0.364. The molecule has 0 saturated carbocycles. The number of hydrogen-bond acceptors (Lipinski definition) is 7. The van der Waals surface area contributed by atoms with E-state index in [4.69, 9.17) is 21.7 Å². The van der Waals surface area contributed by atoms with E-state index in [9.17, 15) is 13.2 Å². The minimum Gasteiger partial charge on any atom is -0.383 e. The number of benzene rings is 1. The van der Waals surface area contributed by atoms with Gasteiger partial charge in [-0.05, 0) is 29.7 Å². The maximum Gasteiger partial charge on any atom is 0.264 e. The second-order valence-corrected chi connectivity index (χ2v) is 12.5. The molecule has 1 aliphatic heterocycles. The summed E-state index contributed by atoms with van der Waals surface area (Å²) in [5.74, 6) is 0.185. The molecule has 1 N–H and O–H groups in total. The van der Waals surface area contributed by atoms with Crippen LogP contribution in [0.2, 0.25) is 5.02 Å². The molecule has 12 heteroatoms. The first-order valence-electron chi connectivity index (χ1n) is 10.6. The predicted octanol–water partition coefficient (Wildman–Crippen LogP) is 3.67. The molecule has 0 bridgehead atoms. The molecule has 1 amide bonds. The summed E-state index contributed by atoms with van der Waals surface area (Å²) in [7, 11) is -0.221. The molecule has 1 saturated heterocycles. The topological polar surface area (TPSA) is 94.0 Å². The number of hydrogen-bond donors (Lipinski definition) is 1. The minimum absolute atomic E-state index is 0.142. The van der Waals surface area contributed by atoms with Crippen molar-refractivity contribution in [3.8, 4) is 0 Å². The van der Waals surface area contributed by atoms with Crippen molar-refractivity contribution in [1.29, 1.82) is 5.41 Å². The van der Waals surface area contributed by atoms with Crippen molar-refractivity contribution in [2.75, 3.05) is 53.5 Å². The van der Waals surface area contributed by atoms with E-state index in [1.165, 1.54) is 27.0 Å². The monoisotopic (exact) mass is 540 g/mol. The van der Waals surface area contributed by atoms with Crippen molar-refractivity contribution in [3.05, 3.63) is 51.2 Å². The Morgan fingerprint density at radius 2 is 1.94 bits per heavy atom. The highest BCUT2D eigenvalue weighted by Crippen LogP contribution is 2.33. The standard InChI is InChI=1S/C22H25ClN4O4S3/c1-25(9-10-31-2)21(24)16-11-19(32-14-16)22(28)26-5-7-27(8-6-26)34(29,30)20-12-15-3-4-17(23)13-18(15)33-20/h3-4,11-14,24H,5-10H2,1-2H3. The lowest BCUT2D eigenvalue weighted by molar-refractivity contribution is 0.0703. The van der Waals surface area contributed by atoms with Crippen LogP contribution in [-0.4, -0.2) is 87.8 Å². The molecule has 4 rings (SSSR count). The van der Waals surface area contributed by atoms with Gasteiger partial charge in [0, 0.05) is 67.5 Å². The Labute approximate surface area is 211 Å². The highest BCUT2D eigenvalue weighted by Gasteiger charge is 2.32. The fraction of sp³-hybridized carbons (Fsp3) is 0.364.